The van der Waals surface area contributed by atoms with Crippen LogP contribution < -0.4 is 4.90 Å². The van der Waals surface area contributed by atoms with Gasteiger partial charge in [0.25, 0.3) is 0 Å². The number of anilines is 3. The molecule has 2 heterocycles. The number of furan rings is 1. The third-order valence-electron chi connectivity index (χ3n) is 9.76. The van der Waals surface area contributed by atoms with Crippen LogP contribution in [0.15, 0.2) is 186 Å². The standard InChI is InChI=1S/C46H30N2O/c1-3-11-34(12-4-1)47(37-26-27-39-38-15-7-9-17-42(38)48(43(39)30-37)35-13-5-2-6-14-35)36-24-21-31(22-25-36)33-20-19-32-23-28-45-46(41(32)29-33)40-16-8-10-18-44(40)49-45/h1-30H. The van der Waals surface area contributed by atoms with Gasteiger partial charge in [0.2, 0.25) is 0 Å². The second-order valence-electron chi connectivity index (χ2n) is 12.6. The van der Waals surface area contributed by atoms with Gasteiger partial charge in [-0.3, -0.25) is 0 Å². The molecule has 0 N–H and O–H groups in total. The second kappa shape index (κ2) is 11.0. The van der Waals surface area contributed by atoms with Gasteiger partial charge < -0.3 is 13.9 Å². The van der Waals surface area contributed by atoms with E-state index >= 15 is 0 Å². The van der Waals surface area contributed by atoms with E-state index in [4.69, 9.17) is 4.42 Å². The number of rotatable bonds is 5. The van der Waals surface area contributed by atoms with Gasteiger partial charge in [-0.15, -0.1) is 0 Å². The van der Waals surface area contributed by atoms with Crippen molar-refractivity contribution in [3.05, 3.63) is 182 Å². The fourth-order valence-corrected chi connectivity index (χ4v) is 7.50. The van der Waals surface area contributed by atoms with Crippen LogP contribution in [-0.4, -0.2) is 4.57 Å². The molecule has 0 aliphatic heterocycles. The van der Waals surface area contributed by atoms with Gasteiger partial charge in [0.15, 0.2) is 0 Å². The Morgan fingerprint density at radius 2 is 1.02 bits per heavy atom. The Hall–Kier alpha value is -6.58. The van der Waals surface area contributed by atoms with E-state index in [1.54, 1.807) is 0 Å². The van der Waals surface area contributed by atoms with E-state index in [0.29, 0.717) is 0 Å². The molecule has 0 bridgehead atoms. The van der Waals surface area contributed by atoms with Crippen LogP contribution >= 0.6 is 0 Å². The van der Waals surface area contributed by atoms with E-state index in [0.717, 1.165) is 39.3 Å². The molecule has 0 radical (unpaired) electrons. The van der Waals surface area contributed by atoms with Crippen molar-refractivity contribution in [1.29, 1.82) is 0 Å². The molecule has 0 aliphatic rings. The number of nitrogens with zero attached hydrogens (tertiary/aromatic N) is 2. The first-order chi connectivity index (χ1) is 24.3. The van der Waals surface area contributed by atoms with Crippen LogP contribution in [0.4, 0.5) is 17.1 Å². The van der Waals surface area contributed by atoms with E-state index in [9.17, 15) is 0 Å². The Balaban J connectivity index is 1.11. The largest absolute Gasteiger partial charge is 0.456 e. The SMILES string of the molecule is c1ccc(N(c2ccc(-c3ccc4ccc5oc6ccccc6c5c4c3)cc2)c2ccc3c4ccccc4n(-c4ccccc4)c3c2)cc1. The van der Waals surface area contributed by atoms with E-state index in [-0.39, 0.29) is 0 Å². The van der Waals surface area contributed by atoms with Gasteiger partial charge in [0.05, 0.1) is 11.0 Å². The quantitative estimate of drug-likeness (QED) is 0.190. The van der Waals surface area contributed by atoms with Crippen LogP contribution in [0.1, 0.15) is 0 Å². The second-order valence-corrected chi connectivity index (χ2v) is 12.6. The van der Waals surface area contributed by atoms with Crippen molar-refractivity contribution < 1.29 is 4.42 Å². The number of aromatic nitrogens is 1. The third kappa shape index (κ3) is 4.44. The molecule has 0 atom stereocenters. The summed E-state index contributed by atoms with van der Waals surface area (Å²) < 4.78 is 8.58. The van der Waals surface area contributed by atoms with Crippen LogP contribution in [0.2, 0.25) is 0 Å². The molecule has 0 saturated carbocycles. The molecule has 8 aromatic carbocycles. The minimum absolute atomic E-state index is 0.919. The summed E-state index contributed by atoms with van der Waals surface area (Å²) in [6.45, 7) is 0. The maximum atomic E-state index is 6.20. The van der Waals surface area contributed by atoms with E-state index in [2.05, 4.69) is 179 Å². The summed E-state index contributed by atoms with van der Waals surface area (Å²) in [5.74, 6) is 0. The molecular weight excluding hydrogens is 597 g/mol. The first kappa shape index (κ1) is 27.5. The van der Waals surface area contributed by atoms with Crippen molar-refractivity contribution in [2.24, 2.45) is 0 Å². The Morgan fingerprint density at radius 3 is 1.86 bits per heavy atom. The lowest BCUT2D eigenvalue weighted by Crippen LogP contribution is -2.10. The topological polar surface area (TPSA) is 21.3 Å². The fourth-order valence-electron chi connectivity index (χ4n) is 7.50. The molecular formula is C46H30N2O. The van der Waals surface area contributed by atoms with Crippen LogP contribution in [0.3, 0.4) is 0 Å². The zero-order valence-electron chi connectivity index (χ0n) is 26.6. The van der Waals surface area contributed by atoms with Crippen LogP contribution in [0.25, 0.3) is 71.3 Å². The van der Waals surface area contributed by atoms with Crippen molar-refractivity contribution in [3.63, 3.8) is 0 Å². The van der Waals surface area contributed by atoms with Gasteiger partial charge in [-0.1, -0.05) is 109 Å². The smallest absolute Gasteiger partial charge is 0.136 e. The Kier molecular flexibility index (Phi) is 6.18. The Morgan fingerprint density at radius 1 is 0.388 bits per heavy atom. The van der Waals surface area contributed by atoms with Gasteiger partial charge in [0, 0.05) is 44.3 Å². The first-order valence-corrected chi connectivity index (χ1v) is 16.7. The Labute approximate surface area is 283 Å². The lowest BCUT2D eigenvalue weighted by Gasteiger charge is -2.26. The molecule has 10 rings (SSSR count). The highest BCUT2D eigenvalue weighted by molar-refractivity contribution is 6.19. The van der Waals surface area contributed by atoms with Gasteiger partial charge in [-0.05, 0) is 94.7 Å². The van der Waals surface area contributed by atoms with Gasteiger partial charge in [-0.2, -0.15) is 0 Å². The normalized spacial score (nSPS) is 11.7. The Bertz CT molecular complexity index is 2810. The molecule has 0 unspecified atom stereocenters. The molecule has 10 aromatic rings. The van der Waals surface area contributed by atoms with E-state index < -0.39 is 0 Å². The van der Waals surface area contributed by atoms with Crippen molar-refractivity contribution in [2.45, 2.75) is 0 Å². The predicted octanol–water partition coefficient (Wildman–Crippen LogP) is 13.0. The summed E-state index contributed by atoms with van der Waals surface area (Å²) in [6.07, 6.45) is 0. The van der Waals surface area contributed by atoms with Crippen LogP contribution in [-0.2, 0) is 0 Å². The zero-order valence-corrected chi connectivity index (χ0v) is 26.6. The highest BCUT2D eigenvalue weighted by atomic mass is 16.3. The maximum Gasteiger partial charge on any atom is 0.136 e. The number of para-hydroxylation sites is 4. The summed E-state index contributed by atoms with van der Waals surface area (Å²) in [5, 5.41) is 7.22. The summed E-state index contributed by atoms with van der Waals surface area (Å²) in [7, 11) is 0. The lowest BCUT2D eigenvalue weighted by molar-refractivity contribution is 0.669. The van der Waals surface area contributed by atoms with Gasteiger partial charge in [-0.25, -0.2) is 0 Å². The average molecular weight is 627 g/mol. The van der Waals surface area contributed by atoms with Crippen LogP contribution in [0, 0.1) is 0 Å². The molecule has 49 heavy (non-hydrogen) atoms. The fraction of sp³-hybridized carbons (Fsp3) is 0. The molecule has 230 valence electrons. The summed E-state index contributed by atoms with van der Waals surface area (Å²) in [5.41, 5.74) is 11.0. The molecule has 0 amide bonds. The van der Waals surface area contributed by atoms with E-state index in [1.807, 2.05) is 12.1 Å². The van der Waals surface area contributed by atoms with Crippen molar-refractivity contribution in [3.8, 4) is 16.8 Å². The van der Waals surface area contributed by atoms with Crippen molar-refractivity contribution in [1.82, 2.24) is 4.57 Å². The first-order valence-electron chi connectivity index (χ1n) is 16.7. The average Bonchev–Trinajstić information content (AvgIpc) is 3.72. The monoisotopic (exact) mass is 626 g/mol. The minimum Gasteiger partial charge on any atom is -0.456 e. The van der Waals surface area contributed by atoms with Gasteiger partial charge in [0.1, 0.15) is 11.2 Å². The predicted molar refractivity (Wildman–Crippen MR) is 206 cm³/mol. The summed E-state index contributed by atoms with van der Waals surface area (Å²) in [6, 6.07) is 65.0. The lowest BCUT2D eigenvalue weighted by atomic mass is 9.98. The molecule has 3 heteroatoms. The third-order valence-corrected chi connectivity index (χ3v) is 9.76. The number of benzene rings is 8. The number of fused-ring (bicyclic) bond motifs is 8. The van der Waals surface area contributed by atoms with E-state index in [1.165, 1.54) is 49.1 Å². The maximum absolute atomic E-state index is 6.20. The number of hydrogen-bond donors (Lipinski definition) is 0. The summed E-state index contributed by atoms with van der Waals surface area (Å²) >= 11 is 0. The molecule has 0 aliphatic carbocycles. The number of hydrogen-bond acceptors (Lipinski definition) is 2. The van der Waals surface area contributed by atoms with Gasteiger partial charge >= 0.3 is 0 Å². The van der Waals surface area contributed by atoms with Crippen molar-refractivity contribution >= 4 is 71.6 Å². The minimum atomic E-state index is 0.919. The zero-order chi connectivity index (χ0) is 32.3. The molecule has 0 fully saturated rings. The van der Waals surface area contributed by atoms with Crippen LogP contribution in [0.5, 0.6) is 0 Å². The molecule has 2 aromatic heterocycles. The highest BCUT2D eigenvalue weighted by Gasteiger charge is 2.18. The molecule has 3 nitrogen and oxygen atoms in total. The highest BCUT2D eigenvalue weighted by Crippen LogP contribution is 2.41. The molecule has 0 saturated heterocycles. The summed E-state index contributed by atoms with van der Waals surface area (Å²) in [4.78, 5) is 2.35. The van der Waals surface area contributed by atoms with Crippen molar-refractivity contribution in [2.75, 3.05) is 4.90 Å². The molecule has 0 spiro atoms.